The predicted molar refractivity (Wildman–Crippen MR) is 110 cm³/mol. The van der Waals surface area contributed by atoms with E-state index in [2.05, 4.69) is 14.6 Å². The first-order valence-corrected chi connectivity index (χ1v) is 11.7. The molecule has 1 fully saturated rings. The minimum atomic E-state index is -4.06. The lowest BCUT2D eigenvalue weighted by Crippen LogP contribution is -2.36. The Labute approximate surface area is 179 Å². The molecule has 3 heterocycles. The normalized spacial score (nSPS) is 17.2. The van der Waals surface area contributed by atoms with Crippen LogP contribution in [0.25, 0.3) is 11.5 Å². The number of hydrogen-bond donors (Lipinski definition) is 0. The fraction of sp³-hybridized carbons (Fsp3) is 0.429. The van der Waals surface area contributed by atoms with Gasteiger partial charge in [0.2, 0.25) is 10.0 Å². The van der Waals surface area contributed by atoms with E-state index in [4.69, 9.17) is 0 Å². The number of aryl methyl sites for hydroxylation is 2. The summed E-state index contributed by atoms with van der Waals surface area (Å²) >= 11 is 0. The van der Waals surface area contributed by atoms with Gasteiger partial charge in [0.1, 0.15) is 17.3 Å². The lowest BCUT2D eigenvalue weighted by molar-refractivity contribution is 0.385. The maximum atomic E-state index is 13.7. The number of aromatic nitrogens is 4. The second-order valence-corrected chi connectivity index (χ2v) is 10.3. The number of benzene rings is 1. The van der Waals surface area contributed by atoms with E-state index in [1.807, 2.05) is 20.2 Å². The SMILES string of the molecule is Cc1cnc(-c2nn(C)c3c2CN(S(=O)(=O)c2cc(F)cc(F)c2)CC3)n1CC1CC1. The molecule has 0 atom stereocenters. The van der Waals surface area contributed by atoms with Crippen LogP contribution in [0, 0.1) is 24.5 Å². The smallest absolute Gasteiger partial charge is 0.243 e. The number of hydrogen-bond acceptors (Lipinski definition) is 4. The number of nitrogens with zero attached hydrogens (tertiary/aromatic N) is 5. The Kier molecular flexibility index (Phi) is 4.74. The molecule has 1 aliphatic carbocycles. The summed E-state index contributed by atoms with van der Waals surface area (Å²) in [7, 11) is -2.22. The maximum Gasteiger partial charge on any atom is 0.243 e. The number of sulfonamides is 1. The van der Waals surface area contributed by atoms with E-state index >= 15 is 0 Å². The largest absolute Gasteiger partial charge is 0.327 e. The van der Waals surface area contributed by atoms with Crippen LogP contribution in [0.5, 0.6) is 0 Å². The molecular formula is C21H23F2N5O2S. The summed E-state index contributed by atoms with van der Waals surface area (Å²) in [5.74, 6) is -0.463. The van der Waals surface area contributed by atoms with E-state index in [0.717, 1.165) is 41.5 Å². The van der Waals surface area contributed by atoms with E-state index < -0.39 is 21.7 Å². The number of imidazole rings is 1. The van der Waals surface area contributed by atoms with Gasteiger partial charge >= 0.3 is 0 Å². The average Bonchev–Trinajstić information content (AvgIpc) is 3.39. The third-order valence-electron chi connectivity index (χ3n) is 6.09. The monoisotopic (exact) mass is 447 g/mol. The molecule has 1 aliphatic heterocycles. The summed E-state index contributed by atoms with van der Waals surface area (Å²) in [5.41, 5.74) is 3.44. The van der Waals surface area contributed by atoms with Gasteiger partial charge in [-0.3, -0.25) is 4.68 Å². The first kappa shape index (κ1) is 20.3. The van der Waals surface area contributed by atoms with Gasteiger partial charge in [-0.1, -0.05) is 0 Å². The summed E-state index contributed by atoms with van der Waals surface area (Å²) in [6.45, 7) is 3.16. The zero-order chi connectivity index (χ0) is 21.9. The molecule has 0 unspecified atom stereocenters. The highest BCUT2D eigenvalue weighted by Crippen LogP contribution is 2.35. The molecule has 7 nitrogen and oxygen atoms in total. The Morgan fingerprint density at radius 2 is 1.87 bits per heavy atom. The van der Waals surface area contributed by atoms with Crippen LogP contribution < -0.4 is 0 Å². The summed E-state index contributed by atoms with van der Waals surface area (Å²) in [6, 6.07) is 2.36. The molecule has 10 heteroatoms. The van der Waals surface area contributed by atoms with Crippen molar-refractivity contribution < 1.29 is 17.2 Å². The van der Waals surface area contributed by atoms with Crippen LogP contribution in [0.15, 0.2) is 29.3 Å². The van der Waals surface area contributed by atoms with Crippen molar-refractivity contribution in [1.29, 1.82) is 0 Å². The minimum Gasteiger partial charge on any atom is -0.327 e. The minimum absolute atomic E-state index is 0.0777. The van der Waals surface area contributed by atoms with Gasteiger partial charge in [-0.05, 0) is 37.8 Å². The summed E-state index contributed by atoms with van der Waals surface area (Å²) in [5, 5.41) is 4.67. The van der Waals surface area contributed by atoms with E-state index in [0.29, 0.717) is 24.1 Å². The fourth-order valence-electron chi connectivity index (χ4n) is 4.22. The molecule has 1 saturated carbocycles. The fourth-order valence-corrected chi connectivity index (χ4v) is 5.67. The van der Waals surface area contributed by atoms with Crippen LogP contribution in [0.2, 0.25) is 0 Å². The average molecular weight is 448 g/mol. The third kappa shape index (κ3) is 3.57. The van der Waals surface area contributed by atoms with Crippen LogP contribution in [0.3, 0.4) is 0 Å². The molecule has 1 aromatic carbocycles. The highest BCUT2D eigenvalue weighted by molar-refractivity contribution is 7.89. The molecular weight excluding hydrogens is 424 g/mol. The van der Waals surface area contributed by atoms with Gasteiger partial charge < -0.3 is 4.57 Å². The molecule has 2 aromatic heterocycles. The molecule has 164 valence electrons. The summed E-state index contributed by atoms with van der Waals surface area (Å²) < 4.78 is 58.8. The van der Waals surface area contributed by atoms with Crippen LogP contribution >= 0.6 is 0 Å². The third-order valence-corrected chi connectivity index (χ3v) is 7.91. The highest BCUT2D eigenvalue weighted by Gasteiger charge is 2.34. The van der Waals surface area contributed by atoms with Gasteiger partial charge in [0.15, 0.2) is 5.82 Å². The first-order chi connectivity index (χ1) is 14.7. The molecule has 0 spiro atoms. The molecule has 0 saturated heterocycles. The topological polar surface area (TPSA) is 73.0 Å². The molecule has 0 amide bonds. The maximum absolute atomic E-state index is 13.7. The standard InChI is InChI=1S/C21H23F2N5O2S/c1-13-10-24-21(28(13)11-14-3-4-14)20-18-12-27(6-5-19(18)26(2)25-20)31(29,30)17-8-15(22)7-16(23)9-17/h7-10,14H,3-6,11-12H2,1-2H3. The van der Waals surface area contributed by atoms with Crippen molar-refractivity contribution in [3.63, 3.8) is 0 Å². The highest BCUT2D eigenvalue weighted by atomic mass is 32.2. The van der Waals surface area contributed by atoms with Crippen molar-refractivity contribution in [2.24, 2.45) is 13.0 Å². The van der Waals surface area contributed by atoms with Crippen molar-refractivity contribution >= 4 is 10.0 Å². The second kappa shape index (κ2) is 7.23. The van der Waals surface area contributed by atoms with Crippen molar-refractivity contribution in [2.45, 2.75) is 44.2 Å². The molecule has 5 rings (SSSR count). The second-order valence-electron chi connectivity index (χ2n) is 8.37. The molecule has 31 heavy (non-hydrogen) atoms. The van der Waals surface area contributed by atoms with Gasteiger partial charge in [0, 0.05) is 62.3 Å². The van der Waals surface area contributed by atoms with Crippen LogP contribution in [-0.2, 0) is 36.6 Å². The molecule has 3 aromatic rings. The molecule has 0 radical (unpaired) electrons. The Bertz CT molecular complexity index is 1260. The number of halogens is 2. The van der Waals surface area contributed by atoms with E-state index in [1.54, 1.807) is 4.68 Å². The van der Waals surface area contributed by atoms with Crippen LogP contribution in [0.4, 0.5) is 8.78 Å². The van der Waals surface area contributed by atoms with Gasteiger partial charge in [-0.25, -0.2) is 22.2 Å². The van der Waals surface area contributed by atoms with Crippen LogP contribution in [0.1, 0.15) is 29.8 Å². The van der Waals surface area contributed by atoms with Gasteiger partial charge in [-0.15, -0.1) is 0 Å². The molecule has 0 N–H and O–H groups in total. The zero-order valence-corrected chi connectivity index (χ0v) is 18.2. The Balaban J connectivity index is 1.53. The van der Waals surface area contributed by atoms with Crippen molar-refractivity contribution in [2.75, 3.05) is 6.54 Å². The zero-order valence-electron chi connectivity index (χ0n) is 17.3. The van der Waals surface area contributed by atoms with E-state index in [-0.39, 0.29) is 18.0 Å². The lowest BCUT2D eigenvalue weighted by Gasteiger charge is -2.27. The van der Waals surface area contributed by atoms with Crippen LogP contribution in [-0.4, -0.2) is 38.6 Å². The summed E-state index contributed by atoms with van der Waals surface area (Å²) in [4.78, 5) is 4.19. The molecule has 0 bridgehead atoms. The Morgan fingerprint density at radius 1 is 1.16 bits per heavy atom. The van der Waals surface area contributed by atoms with Gasteiger partial charge in [-0.2, -0.15) is 9.40 Å². The van der Waals surface area contributed by atoms with Gasteiger partial charge in [0.05, 0.1) is 4.90 Å². The van der Waals surface area contributed by atoms with E-state index in [1.165, 1.54) is 17.1 Å². The van der Waals surface area contributed by atoms with Crippen molar-refractivity contribution in [3.05, 3.63) is 53.0 Å². The lowest BCUT2D eigenvalue weighted by atomic mass is 10.1. The number of fused-ring (bicyclic) bond motifs is 1. The molecule has 2 aliphatic rings. The number of rotatable bonds is 5. The quantitative estimate of drug-likeness (QED) is 0.603. The van der Waals surface area contributed by atoms with Crippen molar-refractivity contribution in [3.8, 4) is 11.5 Å². The predicted octanol–water partition coefficient (Wildman–Crippen LogP) is 3.03. The van der Waals surface area contributed by atoms with Crippen molar-refractivity contribution in [1.82, 2.24) is 23.6 Å². The Hall–Kier alpha value is -2.59. The van der Waals surface area contributed by atoms with E-state index in [9.17, 15) is 17.2 Å². The summed E-state index contributed by atoms with van der Waals surface area (Å²) in [6.07, 6.45) is 4.67. The van der Waals surface area contributed by atoms with Gasteiger partial charge in [0.25, 0.3) is 0 Å². The Morgan fingerprint density at radius 3 is 2.55 bits per heavy atom. The first-order valence-electron chi connectivity index (χ1n) is 10.3.